The van der Waals surface area contributed by atoms with Gasteiger partial charge in [-0.25, -0.2) is 0 Å². The molecule has 0 bridgehead atoms. The zero-order valence-corrected chi connectivity index (χ0v) is 41.6. The molecule has 0 aromatic rings. The molecule has 0 unspecified atom stereocenters. The SMILES string of the molecule is CCCCCC.CCCCCC.CCCCCC.CCCCCC.CCCCCC.CCCCCC.CCCCCC.CCCCCC.ClCCl. The second-order valence-corrected chi connectivity index (χ2v) is 14.6. The lowest BCUT2D eigenvalue weighted by Gasteiger charge is -1.86. The number of halogens is 2. The fourth-order valence-corrected chi connectivity index (χ4v) is 4.00. The molecule has 0 aliphatic rings. The van der Waals surface area contributed by atoms with Gasteiger partial charge in [-0.05, 0) is 0 Å². The highest BCUT2D eigenvalue weighted by Crippen LogP contribution is 1.99. The quantitative estimate of drug-likeness (QED) is 0.0677. The van der Waals surface area contributed by atoms with Crippen LogP contribution in [0.4, 0.5) is 0 Å². The maximum Gasteiger partial charge on any atom is 0.0967 e. The summed E-state index contributed by atoms with van der Waals surface area (Å²) < 4.78 is 0. The van der Waals surface area contributed by atoms with Crippen molar-refractivity contribution in [3.05, 3.63) is 0 Å². The Bertz CT molecular complexity index is 217. The Hall–Kier alpha value is 0.580. The molecular weight excluding hydrogens is 659 g/mol. The lowest BCUT2D eigenvalue weighted by molar-refractivity contribution is 0.702. The van der Waals surface area contributed by atoms with Gasteiger partial charge in [0, 0.05) is 0 Å². The van der Waals surface area contributed by atoms with Crippen LogP contribution in [0.15, 0.2) is 0 Å². The van der Waals surface area contributed by atoms with Crippen molar-refractivity contribution in [1.82, 2.24) is 0 Å². The van der Waals surface area contributed by atoms with Crippen LogP contribution in [0.2, 0.25) is 0 Å². The Kier molecular flexibility index (Phi) is 157. The van der Waals surface area contributed by atoms with Crippen LogP contribution >= 0.6 is 23.2 Å². The van der Waals surface area contributed by atoms with Gasteiger partial charge in [0.05, 0.1) is 5.34 Å². The van der Waals surface area contributed by atoms with E-state index in [9.17, 15) is 0 Å². The van der Waals surface area contributed by atoms with Crippen LogP contribution in [0.5, 0.6) is 0 Å². The minimum absolute atomic E-state index is 0.194. The highest BCUT2D eigenvalue weighted by molar-refractivity contribution is 6.40. The molecule has 2 heteroatoms. The number of unbranched alkanes of at least 4 members (excludes halogenated alkanes) is 24. The van der Waals surface area contributed by atoms with Gasteiger partial charge in [-0.15, -0.1) is 23.2 Å². The molecule has 0 aromatic heterocycles. The van der Waals surface area contributed by atoms with Gasteiger partial charge in [0.2, 0.25) is 0 Å². The summed E-state index contributed by atoms with van der Waals surface area (Å²) in [5.41, 5.74) is 0. The predicted molar refractivity (Wildman–Crippen MR) is 255 cm³/mol. The zero-order valence-electron chi connectivity index (χ0n) is 40.1. The Morgan fingerprint density at radius 3 is 0.216 bits per heavy atom. The van der Waals surface area contributed by atoms with Crippen LogP contribution in [-0.2, 0) is 0 Å². The Morgan fingerprint density at radius 2 is 0.196 bits per heavy atom. The first-order valence-corrected chi connectivity index (χ1v) is 24.9. The molecule has 0 saturated heterocycles. The monoisotopic (exact) mass is 773 g/mol. The van der Waals surface area contributed by atoms with Crippen molar-refractivity contribution in [2.24, 2.45) is 0 Å². The number of alkyl halides is 2. The Balaban J connectivity index is -0.0000000558. The standard InChI is InChI=1S/8C6H14.CH2Cl2/c8*1-3-5-6-4-2;2-1-3/h8*3-6H2,1-2H3;1H2. The molecule has 0 saturated carbocycles. The van der Waals surface area contributed by atoms with Gasteiger partial charge in [-0.1, -0.05) is 316 Å². The molecule has 0 aliphatic heterocycles. The van der Waals surface area contributed by atoms with E-state index in [4.69, 9.17) is 23.2 Å². The predicted octanol–water partition coefficient (Wildman–Crippen LogP) is 22.1. The molecule has 51 heavy (non-hydrogen) atoms. The van der Waals surface area contributed by atoms with E-state index < -0.39 is 0 Å². The topological polar surface area (TPSA) is 0 Å². The van der Waals surface area contributed by atoms with Crippen LogP contribution in [0, 0.1) is 0 Å². The number of rotatable bonds is 24. The Labute approximate surface area is 343 Å². The molecule has 0 N–H and O–H groups in total. The molecule has 0 aromatic carbocycles. The lowest BCUT2D eigenvalue weighted by atomic mass is 10.2. The molecule has 0 nitrogen and oxygen atoms in total. The van der Waals surface area contributed by atoms with Crippen molar-refractivity contribution >= 4 is 23.2 Å². The zero-order chi connectivity index (χ0) is 41.3. The summed E-state index contributed by atoms with van der Waals surface area (Å²) in [4.78, 5) is 0. The molecule has 0 aliphatic carbocycles. The van der Waals surface area contributed by atoms with Gasteiger partial charge in [-0.2, -0.15) is 0 Å². The van der Waals surface area contributed by atoms with Gasteiger partial charge in [-0.3, -0.25) is 0 Å². The maximum absolute atomic E-state index is 4.76. The van der Waals surface area contributed by atoms with Crippen LogP contribution in [0.3, 0.4) is 0 Å². The van der Waals surface area contributed by atoms with E-state index in [1.807, 2.05) is 0 Å². The van der Waals surface area contributed by atoms with E-state index in [0.29, 0.717) is 0 Å². The first-order chi connectivity index (χ1) is 24.7. The minimum atomic E-state index is 0.194. The van der Waals surface area contributed by atoms with Gasteiger partial charge >= 0.3 is 0 Å². The fraction of sp³-hybridized carbons (Fsp3) is 1.00. The lowest BCUT2D eigenvalue weighted by Crippen LogP contribution is -1.66. The van der Waals surface area contributed by atoms with E-state index >= 15 is 0 Å². The van der Waals surface area contributed by atoms with Crippen molar-refractivity contribution in [2.75, 3.05) is 5.34 Å². The van der Waals surface area contributed by atoms with E-state index in [1.165, 1.54) is 205 Å². The number of hydrogen-bond donors (Lipinski definition) is 0. The molecule has 0 fully saturated rings. The first-order valence-electron chi connectivity index (χ1n) is 23.8. The third kappa shape index (κ3) is 198. The average Bonchev–Trinajstić information content (AvgIpc) is 3.16. The summed E-state index contributed by atoms with van der Waals surface area (Å²) in [6.45, 7) is 35.7. The molecule has 0 heterocycles. The van der Waals surface area contributed by atoms with Crippen LogP contribution in [0.25, 0.3) is 0 Å². The minimum Gasteiger partial charge on any atom is -0.109 e. The third-order valence-electron chi connectivity index (χ3n) is 7.66. The Morgan fingerprint density at radius 1 is 0.157 bits per heavy atom. The summed E-state index contributed by atoms with van der Waals surface area (Å²) in [5, 5.41) is 0.194. The molecule has 0 rings (SSSR count). The molecule has 0 amide bonds. The van der Waals surface area contributed by atoms with E-state index in [-0.39, 0.29) is 5.34 Å². The average molecular weight is 774 g/mol. The van der Waals surface area contributed by atoms with E-state index in [0.717, 1.165) is 0 Å². The van der Waals surface area contributed by atoms with E-state index in [1.54, 1.807) is 0 Å². The van der Waals surface area contributed by atoms with Gasteiger partial charge in [0.25, 0.3) is 0 Å². The second-order valence-electron chi connectivity index (χ2n) is 13.8. The second kappa shape index (κ2) is 110. The summed E-state index contributed by atoms with van der Waals surface area (Å²) in [5.74, 6) is 0. The van der Waals surface area contributed by atoms with Crippen LogP contribution in [-0.4, -0.2) is 5.34 Å². The highest BCUT2D eigenvalue weighted by atomic mass is 35.5. The van der Waals surface area contributed by atoms with Crippen molar-refractivity contribution in [3.8, 4) is 0 Å². The summed E-state index contributed by atoms with van der Waals surface area (Å²) in [6, 6.07) is 0. The maximum atomic E-state index is 4.76. The van der Waals surface area contributed by atoms with Crippen molar-refractivity contribution in [3.63, 3.8) is 0 Å². The third-order valence-corrected chi connectivity index (χ3v) is 7.66. The molecule has 0 radical (unpaired) electrons. The fourth-order valence-electron chi connectivity index (χ4n) is 4.00. The van der Waals surface area contributed by atoms with Gasteiger partial charge < -0.3 is 0 Å². The van der Waals surface area contributed by atoms with Crippen molar-refractivity contribution in [2.45, 2.75) is 316 Å². The largest absolute Gasteiger partial charge is 0.109 e. The van der Waals surface area contributed by atoms with Crippen LogP contribution < -0.4 is 0 Å². The van der Waals surface area contributed by atoms with Crippen LogP contribution in [0.1, 0.15) is 316 Å². The van der Waals surface area contributed by atoms with Gasteiger partial charge in [0.1, 0.15) is 0 Å². The van der Waals surface area contributed by atoms with E-state index in [2.05, 4.69) is 111 Å². The smallest absolute Gasteiger partial charge is 0.0967 e. The first kappa shape index (κ1) is 72.8. The van der Waals surface area contributed by atoms with Crippen molar-refractivity contribution < 1.29 is 0 Å². The molecular formula is C49H114Cl2. The van der Waals surface area contributed by atoms with Crippen molar-refractivity contribution in [1.29, 1.82) is 0 Å². The highest BCUT2D eigenvalue weighted by Gasteiger charge is 1.79. The van der Waals surface area contributed by atoms with Gasteiger partial charge in [0.15, 0.2) is 0 Å². The molecule has 0 atom stereocenters. The summed E-state index contributed by atoms with van der Waals surface area (Å²) >= 11 is 9.53. The summed E-state index contributed by atoms with van der Waals surface area (Å²) in [6.07, 6.45) is 44.3. The summed E-state index contributed by atoms with van der Waals surface area (Å²) in [7, 11) is 0. The number of hydrogen-bond acceptors (Lipinski definition) is 0. The molecule has 324 valence electrons. The molecule has 0 spiro atoms. The normalized spacial score (nSPS) is 8.82.